The van der Waals surface area contributed by atoms with Crippen LogP contribution in [-0.2, 0) is 7.05 Å². The molecular weight excluding hydrogens is 230 g/mol. The number of ether oxygens (including phenoxy) is 1. The van der Waals surface area contributed by atoms with Crippen molar-refractivity contribution in [1.82, 2.24) is 25.3 Å². The maximum Gasteiger partial charge on any atom is 0.233 e. The van der Waals surface area contributed by atoms with Crippen LogP contribution in [0.2, 0.25) is 0 Å². The average Bonchev–Trinajstić information content (AvgIpc) is 2.82. The Kier molecular flexibility index (Phi) is 3.88. The van der Waals surface area contributed by atoms with Gasteiger partial charge in [0.05, 0.1) is 24.5 Å². The minimum atomic E-state index is -0.0130. The molecule has 0 saturated carbocycles. The fourth-order valence-electron chi connectivity index (χ4n) is 1.83. The van der Waals surface area contributed by atoms with Crippen LogP contribution in [-0.4, -0.2) is 33.6 Å². The molecule has 18 heavy (non-hydrogen) atoms. The number of aromatic nitrogens is 4. The van der Waals surface area contributed by atoms with Gasteiger partial charge in [-0.3, -0.25) is 4.68 Å². The number of methoxy groups -OCH3 is 1. The lowest BCUT2D eigenvalue weighted by molar-refractivity contribution is 0.390. The van der Waals surface area contributed by atoms with Crippen molar-refractivity contribution in [3.8, 4) is 5.88 Å². The minimum Gasteiger partial charge on any atom is -0.480 e. The number of aryl methyl sites for hydroxylation is 1. The first-order valence-corrected chi connectivity index (χ1v) is 5.85. The molecule has 0 aliphatic carbocycles. The van der Waals surface area contributed by atoms with Gasteiger partial charge >= 0.3 is 0 Å². The molecule has 0 saturated heterocycles. The Balaban J connectivity index is 2.32. The predicted octanol–water partition coefficient (Wildman–Crippen LogP) is 0.918. The van der Waals surface area contributed by atoms with Crippen LogP contribution in [0.15, 0.2) is 24.4 Å². The summed E-state index contributed by atoms with van der Waals surface area (Å²) in [7, 11) is 3.49. The van der Waals surface area contributed by atoms with Crippen molar-refractivity contribution >= 4 is 0 Å². The van der Waals surface area contributed by atoms with Gasteiger partial charge in [0, 0.05) is 19.3 Å². The lowest BCUT2D eigenvalue weighted by Crippen LogP contribution is -2.25. The summed E-state index contributed by atoms with van der Waals surface area (Å²) in [4.78, 5) is 0. The second kappa shape index (κ2) is 5.59. The first-order chi connectivity index (χ1) is 8.76. The molecule has 2 rings (SSSR count). The fraction of sp³-hybridized carbons (Fsp3) is 0.417. The summed E-state index contributed by atoms with van der Waals surface area (Å²) in [6, 6.07) is 5.68. The number of hydrogen-bond acceptors (Lipinski definition) is 5. The van der Waals surface area contributed by atoms with Crippen LogP contribution in [0.25, 0.3) is 0 Å². The quantitative estimate of drug-likeness (QED) is 0.851. The Morgan fingerprint density at radius 1 is 1.33 bits per heavy atom. The minimum absolute atomic E-state index is 0.0130. The monoisotopic (exact) mass is 247 g/mol. The third kappa shape index (κ3) is 2.48. The molecule has 0 amide bonds. The highest BCUT2D eigenvalue weighted by atomic mass is 16.5. The second-order valence-corrected chi connectivity index (χ2v) is 3.87. The molecule has 6 heteroatoms. The summed E-state index contributed by atoms with van der Waals surface area (Å²) < 4.78 is 6.84. The van der Waals surface area contributed by atoms with Gasteiger partial charge < -0.3 is 10.1 Å². The zero-order valence-corrected chi connectivity index (χ0v) is 10.8. The van der Waals surface area contributed by atoms with Gasteiger partial charge in [-0.25, -0.2) is 0 Å². The molecule has 96 valence electrons. The van der Waals surface area contributed by atoms with Gasteiger partial charge in [-0.15, -0.1) is 10.2 Å². The van der Waals surface area contributed by atoms with E-state index in [9.17, 15) is 0 Å². The van der Waals surface area contributed by atoms with E-state index in [0.29, 0.717) is 5.88 Å². The van der Waals surface area contributed by atoms with Crippen molar-refractivity contribution in [2.45, 2.75) is 13.0 Å². The Morgan fingerprint density at radius 3 is 2.67 bits per heavy atom. The second-order valence-electron chi connectivity index (χ2n) is 3.87. The molecule has 2 aromatic heterocycles. The van der Waals surface area contributed by atoms with Gasteiger partial charge in [0.1, 0.15) is 0 Å². The molecule has 0 aliphatic rings. The highest BCUT2D eigenvalue weighted by Gasteiger charge is 2.18. The van der Waals surface area contributed by atoms with Crippen LogP contribution in [0, 0.1) is 0 Å². The van der Waals surface area contributed by atoms with Crippen LogP contribution in [0.3, 0.4) is 0 Å². The van der Waals surface area contributed by atoms with E-state index in [1.807, 2.05) is 29.9 Å². The van der Waals surface area contributed by atoms with Gasteiger partial charge in [-0.1, -0.05) is 6.92 Å². The lowest BCUT2D eigenvalue weighted by Gasteiger charge is -2.17. The molecule has 2 heterocycles. The third-order valence-electron chi connectivity index (χ3n) is 2.73. The largest absolute Gasteiger partial charge is 0.480 e. The Labute approximate surface area is 106 Å². The lowest BCUT2D eigenvalue weighted by atomic mass is 10.1. The van der Waals surface area contributed by atoms with Crippen molar-refractivity contribution < 1.29 is 4.74 Å². The molecule has 6 nitrogen and oxygen atoms in total. The molecule has 0 bridgehead atoms. The fourth-order valence-corrected chi connectivity index (χ4v) is 1.83. The van der Waals surface area contributed by atoms with Gasteiger partial charge in [0.15, 0.2) is 0 Å². The molecular formula is C12H17N5O. The number of nitrogens with zero attached hydrogens (tertiary/aromatic N) is 4. The number of hydrogen-bond donors (Lipinski definition) is 1. The number of rotatable bonds is 5. The van der Waals surface area contributed by atoms with Crippen LogP contribution in [0.4, 0.5) is 0 Å². The van der Waals surface area contributed by atoms with Crippen LogP contribution < -0.4 is 10.1 Å². The standard InChI is InChI=1S/C12H17N5O/c1-4-13-12(10-7-8-14-17(10)2)9-5-6-11(18-3)16-15-9/h5-8,12-13H,4H2,1-3H3. The van der Waals surface area contributed by atoms with Gasteiger partial charge in [0.25, 0.3) is 0 Å². The number of nitrogens with one attached hydrogen (secondary N) is 1. The normalized spacial score (nSPS) is 12.4. The molecule has 0 spiro atoms. The van der Waals surface area contributed by atoms with Gasteiger partial charge in [-0.05, 0) is 18.7 Å². The maximum atomic E-state index is 5.01. The van der Waals surface area contributed by atoms with Crippen molar-refractivity contribution in [2.75, 3.05) is 13.7 Å². The topological polar surface area (TPSA) is 64.9 Å². The zero-order valence-electron chi connectivity index (χ0n) is 10.8. The van der Waals surface area contributed by atoms with E-state index >= 15 is 0 Å². The van der Waals surface area contributed by atoms with Crippen molar-refractivity contribution in [1.29, 1.82) is 0 Å². The SMILES string of the molecule is CCNC(c1ccc(OC)nn1)c1ccnn1C. The van der Waals surface area contributed by atoms with Crippen molar-refractivity contribution in [3.63, 3.8) is 0 Å². The first kappa shape index (κ1) is 12.5. The average molecular weight is 247 g/mol. The van der Waals surface area contributed by atoms with E-state index in [4.69, 9.17) is 4.74 Å². The molecule has 2 aromatic rings. The van der Waals surface area contributed by atoms with Crippen LogP contribution >= 0.6 is 0 Å². The van der Waals surface area contributed by atoms with Crippen LogP contribution in [0.1, 0.15) is 24.4 Å². The smallest absolute Gasteiger partial charge is 0.233 e. The molecule has 0 aliphatic heterocycles. The first-order valence-electron chi connectivity index (χ1n) is 5.85. The molecule has 0 fully saturated rings. The molecule has 1 atom stereocenters. The summed E-state index contributed by atoms with van der Waals surface area (Å²) >= 11 is 0. The Hall–Kier alpha value is -1.95. The van der Waals surface area contributed by atoms with E-state index in [-0.39, 0.29) is 6.04 Å². The third-order valence-corrected chi connectivity index (χ3v) is 2.73. The molecule has 1 unspecified atom stereocenters. The van der Waals surface area contributed by atoms with Gasteiger partial charge in [0.2, 0.25) is 5.88 Å². The molecule has 1 N–H and O–H groups in total. The molecule has 0 aromatic carbocycles. The van der Waals surface area contributed by atoms with E-state index in [1.54, 1.807) is 13.3 Å². The van der Waals surface area contributed by atoms with Crippen LogP contribution in [0.5, 0.6) is 5.88 Å². The van der Waals surface area contributed by atoms with Crippen molar-refractivity contribution in [3.05, 3.63) is 35.8 Å². The highest BCUT2D eigenvalue weighted by molar-refractivity contribution is 5.22. The van der Waals surface area contributed by atoms with E-state index in [1.165, 1.54) is 0 Å². The van der Waals surface area contributed by atoms with Gasteiger partial charge in [-0.2, -0.15) is 5.10 Å². The van der Waals surface area contributed by atoms with Crippen molar-refractivity contribution in [2.24, 2.45) is 7.05 Å². The summed E-state index contributed by atoms with van der Waals surface area (Å²) in [6.07, 6.45) is 1.77. The highest BCUT2D eigenvalue weighted by Crippen LogP contribution is 2.19. The van der Waals surface area contributed by atoms with E-state index < -0.39 is 0 Å². The maximum absolute atomic E-state index is 5.01. The predicted molar refractivity (Wildman–Crippen MR) is 67.3 cm³/mol. The zero-order chi connectivity index (χ0) is 13.0. The summed E-state index contributed by atoms with van der Waals surface area (Å²) in [5.74, 6) is 0.513. The Morgan fingerprint density at radius 2 is 2.17 bits per heavy atom. The van der Waals surface area contributed by atoms with E-state index in [0.717, 1.165) is 17.9 Å². The van der Waals surface area contributed by atoms with E-state index in [2.05, 4.69) is 27.5 Å². The summed E-state index contributed by atoms with van der Waals surface area (Å²) in [5, 5.41) is 15.7. The summed E-state index contributed by atoms with van der Waals surface area (Å²) in [5.41, 5.74) is 1.90. The molecule has 0 radical (unpaired) electrons. The Bertz CT molecular complexity index is 493. The summed E-state index contributed by atoms with van der Waals surface area (Å²) in [6.45, 7) is 2.89.